The maximum Gasteiger partial charge on any atom is 0.263 e. The number of carbonyl (C=O) groups excluding carboxylic acids is 1. The number of anilines is 1. The molecule has 4 aromatic rings. The Morgan fingerprint density at radius 2 is 1.78 bits per heavy atom. The molecule has 3 heterocycles. The van der Waals surface area contributed by atoms with Gasteiger partial charge in [-0.15, -0.1) is 0 Å². The molecule has 2 aromatic carbocycles. The van der Waals surface area contributed by atoms with Gasteiger partial charge in [-0.2, -0.15) is 10.1 Å². The minimum Gasteiger partial charge on any atom is -0.342 e. The molecule has 0 amide bonds. The van der Waals surface area contributed by atoms with Gasteiger partial charge in [0.2, 0.25) is 5.95 Å². The maximum atomic E-state index is 13.3. The summed E-state index contributed by atoms with van der Waals surface area (Å²) in [4.78, 5) is 34.4. The second-order valence-corrected chi connectivity index (χ2v) is 10.7. The van der Waals surface area contributed by atoms with Crippen LogP contribution in [0.5, 0.6) is 0 Å². The van der Waals surface area contributed by atoms with Gasteiger partial charge in [-0.25, -0.2) is 0 Å². The lowest BCUT2D eigenvalue weighted by Crippen LogP contribution is -2.45. The number of nitrogens with one attached hydrogen (secondary N) is 2. The van der Waals surface area contributed by atoms with Crippen molar-refractivity contribution in [1.82, 2.24) is 20.2 Å². The Hall–Kier alpha value is -3.78. The second kappa shape index (κ2) is 7.61. The molecule has 0 unspecified atom stereocenters. The topological polar surface area (TPSA) is 121 Å². The molecule has 1 saturated heterocycles. The van der Waals surface area contributed by atoms with E-state index in [9.17, 15) is 9.59 Å². The highest BCUT2D eigenvalue weighted by molar-refractivity contribution is 5.81. The molecule has 8 heteroatoms. The lowest BCUT2D eigenvalue weighted by Gasteiger charge is -2.42. The number of hydrogen-bond acceptors (Lipinski definition) is 6. The first-order valence-corrected chi connectivity index (χ1v) is 12.7. The predicted molar refractivity (Wildman–Crippen MR) is 137 cm³/mol. The Labute approximate surface area is 207 Å². The number of H-pyrrole nitrogens is 2. The molecule has 3 aliphatic rings. The number of aromatic amines is 2. The van der Waals surface area contributed by atoms with Crippen LogP contribution >= 0.6 is 0 Å². The molecule has 7 rings (SSSR count). The molecule has 2 aromatic heterocycles. The van der Waals surface area contributed by atoms with E-state index in [2.05, 4.69) is 44.3 Å². The van der Waals surface area contributed by atoms with Crippen molar-refractivity contribution in [3.05, 3.63) is 86.8 Å². The van der Waals surface area contributed by atoms with Crippen LogP contribution in [-0.2, 0) is 11.8 Å². The van der Waals surface area contributed by atoms with E-state index in [1.54, 1.807) is 0 Å². The van der Waals surface area contributed by atoms with Crippen molar-refractivity contribution in [3.63, 3.8) is 0 Å². The number of aldehydes is 1. The van der Waals surface area contributed by atoms with Gasteiger partial charge in [0.25, 0.3) is 5.56 Å². The largest absolute Gasteiger partial charge is 0.342 e. The number of fused-ring (bicyclic) bond motifs is 2. The van der Waals surface area contributed by atoms with Crippen LogP contribution in [0.25, 0.3) is 11.0 Å². The Balaban J connectivity index is 1.16. The summed E-state index contributed by atoms with van der Waals surface area (Å²) in [6.45, 7) is 1.59. The van der Waals surface area contributed by atoms with E-state index in [4.69, 9.17) is 10.7 Å². The number of piperidine rings is 1. The van der Waals surface area contributed by atoms with Crippen LogP contribution in [0.3, 0.4) is 0 Å². The summed E-state index contributed by atoms with van der Waals surface area (Å²) >= 11 is 0. The Morgan fingerprint density at radius 3 is 2.47 bits per heavy atom. The number of nitrogens with zero attached hydrogens (tertiary/aromatic N) is 3. The van der Waals surface area contributed by atoms with Crippen LogP contribution < -0.4 is 16.2 Å². The molecule has 0 bridgehead atoms. The van der Waals surface area contributed by atoms with Gasteiger partial charge in [-0.3, -0.25) is 19.7 Å². The molecule has 1 aliphatic heterocycles. The van der Waals surface area contributed by atoms with Gasteiger partial charge in [0.15, 0.2) is 5.65 Å². The van der Waals surface area contributed by atoms with Crippen molar-refractivity contribution in [2.45, 2.75) is 43.6 Å². The van der Waals surface area contributed by atoms with Crippen molar-refractivity contribution in [2.75, 3.05) is 18.0 Å². The minimum absolute atomic E-state index is 0.0517. The van der Waals surface area contributed by atoms with Gasteiger partial charge < -0.3 is 10.6 Å². The summed E-state index contributed by atoms with van der Waals surface area (Å²) in [6, 6.07) is 16.1. The lowest BCUT2D eigenvalue weighted by molar-refractivity contribution is 0.112. The zero-order valence-electron chi connectivity index (χ0n) is 20.0. The quantitative estimate of drug-likeness (QED) is 0.385. The number of aromatic nitrogens is 4. The third-order valence-electron chi connectivity index (χ3n) is 8.87. The number of rotatable bonds is 4. The Morgan fingerprint density at radius 1 is 1.03 bits per heavy atom. The zero-order valence-corrected chi connectivity index (χ0v) is 20.0. The molecular weight excluding hydrogens is 452 g/mol. The first kappa shape index (κ1) is 21.5. The monoisotopic (exact) mass is 480 g/mol. The summed E-state index contributed by atoms with van der Waals surface area (Å²) in [5.41, 5.74) is 11.9. The van der Waals surface area contributed by atoms with Gasteiger partial charge >= 0.3 is 0 Å². The molecule has 1 saturated carbocycles. The van der Waals surface area contributed by atoms with Crippen molar-refractivity contribution in [3.8, 4) is 0 Å². The van der Waals surface area contributed by atoms with Gasteiger partial charge in [0, 0.05) is 30.1 Å². The number of hydrogen-bond donors (Lipinski definition) is 3. The number of benzene rings is 2. The van der Waals surface area contributed by atoms with Crippen LogP contribution in [0.4, 0.5) is 5.95 Å². The average molecular weight is 481 g/mol. The maximum absolute atomic E-state index is 13.3. The lowest BCUT2D eigenvalue weighted by atomic mass is 9.73. The van der Waals surface area contributed by atoms with Crippen LogP contribution in [0.1, 0.15) is 64.5 Å². The molecule has 2 fully saturated rings. The highest BCUT2D eigenvalue weighted by Gasteiger charge is 2.50. The number of carbonyl (C=O) groups is 1. The molecule has 182 valence electrons. The average Bonchev–Trinajstić information content (AvgIpc) is 3.52. The van der Waals surface area contributed by atoms with E-state index in [0.29, 0.717) is 22.5 Å². The molecule has 8 nitrogen and oxygen atoms in total. The fraction of sp³-hybridized carbons (Fsp3) is 0.357. The van der Waals surface area contributed by atoms with Crippen LogP contribution in [0.15, 0.2) is 53.3 Å². The van der Waals surface area contributed by atoms with Crippen molar-refractivity contribution >= 4 is 23.3 Å². The molecule has 2 aliphatic carbocycles. The molecule has 4 N–H and O–H groups in total. The standard InChI is InChI=1S/C28H28N6O2/c29-22-20-4-2-1-3-18(20)15-27(22)11-13-34(14-12-27)26-30-24-21(25(36)31-26)23(32-33-24)28(9-10-28)19-7-5-17(16-35)6-8-19/h1-8,16,22H,9-15,29H2,(H2,30,31,32,33,36)/t22-/m1/s1. The fourth-order valence-electron chi connectivity index (χ4n) is 6.56. The van der Waals surface area contributed by atoms with Gasteiger partial charge in [-0.1, -0.05) is 48.5 Å². The highest BCUT2D eigenvalue weighted by Crippen LogP contribution is 2.54. The summed E-state index contributed by atoms with van der Waals surface area (Å²) in [7, 11) is 0. The van der Waals surface area contributed by atoms with E-state index < -0.39 is 0 Å². The van der Waals surface area contributed by atoms with Crippen LogP contribution in [-0.4, -0.2) is 39.5 Å². The molecular formula is C28H28N6O2. The van der Waals surface area contributed by atoms with Crippen LogP contribution in [0, 0.1) is 5.41 Å². The van der Waals surface area contributed by atoms with Gasteiger partial charge in [0.05, 0.1) is 5.69 Å². The SMILES string of the molecule is N[C@@H]1c2ccccc2CC12CCN(c1nc3[nH]nc(C4(c5ccc(C=O)cc5)CC4)c3c(=O)[nH]1)CC2. The first-order chi connectivity index (χ1) is 17.5. The third kappa shape index (κ3) is 3.03. The summed E-state index contributed by atoms with van der Waals surface area (Å²) in [6.07, 6.45) is 5.58. The molecule has 1 spiro atoms. The summed E-state index contributed by atoms with van der Waals surface area (Å²) < 4.78 is 0. The summed E-state index contributed by atoms with van der Waals surface area (Å²) in [5, 5.41) is 8.13. The Kier molecular flexibility index (Phi) is 4.54. The smallest absolute Gasteiger partial charge is 0.263 e. The van der Waals surface area contributed by atoms with Crippen LogP contribution in [0.2, 0.25) is 0 Å². The Bertz CT molecular complexity index is 1540. The first-order valence-electron chi connectivity index (χ1n) is 12.7. The molecule has 1 atom stereocenters. The third-order valence-corrected chi connectivity index (χ3v) is 8.87. The van der Waals surface area contributed by atoms with E-state index in [1.807, 2.05) is 24.3 Å². The predicted octanol–water partition coefficient (Wildman–Crippen LogP) is 3.38. The fourth-order valence-corrected chi connectivity index (χ4v) is 6.56. The number of nitrogens with two attached hydrogens (primary N) is 1. The second-order valence-electron chi connectivity index (χ2n) is 10.7. The molecule has 36 heavy (non-hydrogen) atoms. The normalized spacial score (nSPS) is 21.6. The van der Waals surface area contributed by atoms with Gasteiger partial charge in [0.1, 0.15) is 11.7 Å². The molecule has 0 radical (unpaired) electrons. The van der Waals surface area contributed by atoms with Crippen molar-refractivity contribution in [1.29, 1.82) is 0 Å². The highest BCUT2D eigenvalue weighted by atomic mass is 16.1. The van der Waals surface area contributed by atoms with E-state index in [1.165, 1.54) is 11.1 Å². The summed E-state index contributed by atoms with van der Waals surface area (Å²) in [5.74, 6) is 0.585. The van der Waals surface area contributed by atoms with E-state index in [0.717, 1.165) is 62.7 Å². The van der Waals surface area contributed by atoms with Crippen molar-refractivity contribution < 1.29 is 4.79 Å². The zero-order chi connectivity index (χ0) is 24.5. The van der Waals surface area contributed by atoms with E-state index >= 15 is 0 Å². The minimum atomic E-state index is -0.305. The van der Waals surface area contributed by atoms with E-state index in [-0.39, 0.29) is 22.4 Å². The van der Waals surface area contributed by atoms with Crippen molar-refractivity contribution in [2.24, 2.45) is 11.1 Å². The van der Waals surface area contributed by atoms with Gasteiger partial charge in [-0.05, 0) is 54.2 Å².